The van der Waals surface area contributed by atoms with Crippen LogP contribution in [0.15, 0.2) is 34.2 Å². The lowest BCUT2D eigenvalue weighted by Crippen LogP contribution is -2.44. The number of hydrogen-bond donors (Lipinski definition) is 1. The van der Waals surface area contributed by atoms with Gasteiger partial charge in [0.2, 0.25) is 5.91 Å². The molecule has 1 aromatic rings. The first kappa shape index (κ1) is 19.9. The fraction of sp³-hybridized carbons (Fsp3) is 0.600. The molecule has 1 aliphatic heterocycles. The molecule has 0 aromatic heterocycles. The Morgan fingerprint density at radius 1 is 1.22 bits per heavy atom. The molecule has 27 heavy (non-hydrogen) atoms. The summed E-state index contributed by atoms with van der Waals surface area (Å²) in [7, 11) is -1.74. The zero-order valence-electron chi connectivity index (χ0n) is 16.3. The van der Waals surface area contributed by atoms with Gasteiger partial charge in [-0.25, -0.2) is 8.42 Å². The number of amides is 1. The van der Waals surface area contributed by atoms with E-state index < -0.39 is 16.1 Å². The van der Waals surface area contributed by atoms with Crippen molar-refractivity contribution in [2.24, 2.45) is 10.9 Å². The zero-order valence-corrected chi connectivity index (χ0v) is 17.1. The molecule has 6 nitrogen and oxygen atoms in total. The molecule has 1 fully saturated rings. The van der Waals surface area contributed by atoms with E-state index in [1.807, 2.05) is 25.8 Å². The number of fused-ring (bicyclic) bond motifs is 1. The lowest BCUT2D eigenvalue weighted by molar-refractivity contribution is -0.134. The molecule has 1 N–H and O–H groups in total. The number of rotatable bonds is 5. The first-order chi connectivity index (χ1) is 12.8. The summed E-state index contributed by atoms with van der Waals surface area (Å²) in [6.07, 6.45) is 6.18. The van der Waals surface area contributed by atoms with Crippen LogP contribution in [-0.2, 0) is 14.8 Å². The number of carbonyl (C=O) groups is 1. The van der Waals surface area contributed by atoms with Crippen molar-refractivity contribution < 1.29 is 13.2 Å². The smallest absolute Gasteiger partial charge is 0.263 e. The summed E-state index contributed by atoms with van der Waals surface area (Å²) in [5.74, 6) is 0.532. The third kappa shape index (κ3) is 4.34. The van der Waals surface area contributed by atoms with Crippen molar-refractivity contribution in [3.8, 4) is 0 Å². The van der Waals surface area contributed by atoms with E-state index in [1.165, 1.54) is 6.42 Å². The second-order valence-electron chi connectivity index (χ2n) is 7.97. The lowest BCUT2D eigenvalue weighted by atomic mass is 9.93. The average Bonchev–Trinajstić information content (AvgIpc) is 2.91. The molecule has 3 rings (SSSR count). The van der Waals surface area contributed by atoms with Crippen LogP contribution in [0.25, 0.3) is 0 Å². The Kier molecular flexibility index (Phi) is 5.89. The van der Waals surface area contributed by atoms with Crippen LogP contribution in [0.5, 0.6) is 0 Å². The van der Waals surface area contributed by atoms with Gasteiger partial charge in [-0.15, -0.1) is 0 Å². The van der Waals surface area contributed by atoms with Crippen LogP contribution in [-0.4, -0.2) is 44.2 Å². The van der Waals surface area contributed by atoms with Crippen molar-refractivity contribution in [3.05, 3.63) is 29.8 Å². The minimum Gasteiger partial charge on any atom is -0.341 e. The summed E-state index contributed by atoms with van der Waals surface area (Å²) >= 11 is 0. The predicted octanol–water partition coefficient (Wildman–Crippen LogP) is 2.93. The molecule has 1 saturated carbocycles. The predicted molar refractivity (Wildman–Crippen MR) is 106 cm³/mol. The first-order valence-corrected chi connectivity index (χ1v) is 11.2. The highest BCUT2D eigenvalue weighted by Gasteiger charge is 2.33. The number of nitrogens with one attached hydrogen (secondary N) is 1. The molecule has 2 aliphatic rings. The summed E-state index contributed by atoms with van der Waals surface area (Å²) in [6, 6.07) is 6.44. The van der Waals surface area contributed by atoms with Gasteiger partial charge < -0.3 is 4.90 Å². The van der Waals surface area contributed by atoms with Gasteiger partial charge in [-0.3, -0.25) is 14.5 Å². The normalized spacial score (nSPS) is 21.7. The fourth-order valence-electron chi connectivity index (χ4n) is 3.92. The van der Waals surface area contributed by atoms with Crippen molar-refractivity contribution in [1.82, 2.24) is 9.62 Å². The average molecular weight is 392 g/mol. The fourth-order valence-corrected chi connectivity index (χ4v) is 5.16. The van der Waals surface area contributed by atoms with Gasteiger partial charge in [0, 0.05) is 18.7 Å². The maximum atomic E-state index is 13.2. The second kappa shape index (κ2) is 8.00. The summed E-state index contributed by atoms with van der Waals surface area (Å²) in [6.45, 7) is 4.10. The maximum Gasteiger partial charge on any atom is 0.263 e. The van der Waals surface area contributed by atoms with E-state index in [1.54, 1.807) is 24.3 Å². The van der Waals surface area contributed by atoms with Crippen LogP contribution in [0.1, 0.15) is 57.9 Å². The number of hydrogen-bond acceptors (Lipinski definition) is 4. The van der Waals surface area contributed by atoms with Gasteiger partial charge in [0.15, 0.2) is 0 Å². The van der Waals surface area contributed by atoms with Crippen LogP contribution >= 0.6 is 0 Å². The standard InChI is InChI=1S/C20H29N3O3S/c1-14(2)13-17(20(24)23(3)15-9-5-4-6-10-15)21-19-16-11-7-8-12-18(16)27(25,26)22-19/h7-8,11-12,14-15,17H,4-6,9-10,13H2,1-3H3,(H,21,22). The Morgan fingerprint density at radius 2 is 1.89 bits per heavy atom. The summed E-state index contributed by atoms with van der Waals surface area (Å²) in [5.41, 5.74) is 0.541. The zero-order chi connectivity index (χ0) is 19.6. The summed E-state index contributed by atoms with van der Waals surface area (Å²) < 4.78 is 27.2. The van der Waals surface area contributed by atoms with Crippen LogP contribution in [0.4, 0.5) is 0 Å². The highest BCUT2D eigenvalue weighted by Crippen LogP contribution is 2.26. The molecular weight excluding hydrogens is 362 g/mol. The molecule has 0 spiro atoms. The van der Waals surface area contributed by atoms with Crippen LogP contribution in [0, 0.1) is 5.92 Å². The third-order valence-corrected chi connectivity index (χ3v) is 6.79. The Morgan fingerprint density at radius 3 is 2.56 bits per heavy atom. The summed E-state index contributed by atoms with van der Waals surface area (Å²) in [5, 5.41) is 0. The molecular formula is C20H29N3O3S. The van der Waals surface area contributed by atoms with Gasteiger partial charge in [0.05, 0.1) is 4.90 Å². The number of benzene rings is 1. The van der Waals surface area contributed by atoms with Crippen molar-refractivity contribution in [3.63, 3.8) is 0 Å². The molecule has 1 aromatic carbocycles. The number of nitrogens with zero attached hydrogens (tertiary/aromatic N) is 2. The molecule has 1 aliphatic carbocycles. The van der Waals surface area contributed by atoms with Crippen LogP contribution in [0.2, 0.25) is 0 Å². The molecule has 148 valence electrons. The molecule has 1 atom stereocenters. The number of likely N-dealkylation sites (N-methyl/N-ethyl adjacent to an activating group) is 1. The molecule has 1 amide bonds. The Hall–Kier alpha value is -1.89. The third-order valence-electron chi connectivity index (χ3n) is 5.40. The molecule has 7 heteroatoms. The largest absolute Gasteiger partial charge is 0.341 e. The minimum absolute atomic E-state index is 0.0216. The van der Waals surface area contributed by atoms with Gasteiger partial charge in [-0.1, -0.05) is 45.2 Å². The van der Waals surface area contributed by atoms with Crippen LogP contribution in [0.3, 0.4) is 0 Å². The Labute approximate surface area is 162 Å². The number of amidine groups is 1. The van der Waals surface area contributed by atoms with Crippen LogP contribution < -0.4 is 4.72 Å². The van der Waals surface area contributed by atoms with Gasteiger partial charge >= 0.3 is 0 Å². The Bertz CT molecular complexity index is 827. The van der Waals surface area contributed by atoms with Gasteiger partial charge in [0.25, 0.3) is 10.0 Å². The monoisotopic (exact) mass is 391 g/mol. The van der Waals surface area contributed by atoms with E-state index in [0.717, 1.165) is 25.7 Å². The Balaban J connectivity index is 1.89. The molecule has 1 heterocycles. The highest BCUT2D eigenvalue weighted by atomic mass is 32.2. The quantitative estimate of drug-likeness (QED) is 0.838. The number of carbonyl (C=O) groups excluding carboxylic acids is 1. The minimum atomic E-state index is -3.60. The van der Waals surface area contributed by atoms with Crippen molar-refractivity contribution in [1.29, 1.82) is 0 Å². The van der Waals surface area contributed by atoms with Crippen molar-refractivity contribution in [2.45, 2.75) is 69.4 Å². The topological polar surface area (TPSA) is 78.8 Å². The second-order valence-corrected chi connectivity index (χ2v) is 9.62. The summed E-state index contributed by atoms with van der Waals surface area (Å²) in [4.78, 5) is 19.8. The maximum absolute atomic E-state index is 13.2. The SMILES string of the molecule is CC(C)CC(N=C1NS(=O)(=O)c2ccccc21)C(=O)N(C)C1CCCCC1. The van der Waals surface area contributed by atoms with E-state index in [2.05, 4.69) is 9.71 Å². The van der Waals surface area contributed by atoms with E-state index in [4.69, 9.17) is 0 Å². The van der Waals surface area contributed by atoms with E-state index in [-0.39, 0.29) is 28.6 Å². The highest BCUT2D eigenvalue weighted by molar-refractivity contribution is 7.90. The van der Waals surface area contributed by atoms with Gasteiger partial charge in [-0.2, -0.15) is 0 Å². The number of aliphatic imine (C=N–C) groups is 1. The first-order valence-electron chi connectivity index (χ1n) is 9.76. The lowest BCUT2D eigenvalue weighted by Gasteiger charge is -2.33. The molecule has 0 bridgehead atoms. The molecule has 0 radical (unpaired) electrons. The van der Waals surface area contributed by atoms with E-state index in [9.17, 15) is 13.2 Å². The van der Waals surface area contributed by atoms with Gasteiger partial charge in [0.1, 0.15) is 11.9 Å². The van der Waals surface area contributed by atoms with Gasteiger partial charge in [-0.05, 0) is 37.3 Å². The van der Waals surface area contributed by atoms with E-state index >= 15 is 0 Å². The van der Waals surface area contributed by atoms with Crippen molar-refractivity contribution in [2.75, 3.05) is 7.05 Å². The van der Waals surface area contributed by atoms with E-state index in [0.29, 0.717) is 12.0 Å². The van der Waals surface area contributed by atoms with Crippen molar-refractivity contribution >= 4 is 21.8 Å². The number of sulfonamides is 1. The molecule has 0 saturated heterocycles. The molecule has 1 unspecified atom stereocenters.